The first-order valence-corrected chi connectivity index (χ1v) is 6.99. The summed E-state index contributed by atoms with van der Waals surface area (Å²) in [5, 5.41) is 3.21. The van der Waals surface area contributed by atoms with E-state index in [9.17, 15) is 0 Å². The van der Waals surface area contributed by atoms with Gasteiger partial charge in [-0.05, 0) is 29.8 Å². The van der Waals surface area contributed by atoms with Gasteiger partial charge in [-0.25, -0.2) is 9.97 Å². The Hall–Kier alpha value is -2.52. The van der Waals surface area contributed by atoms with E-state index in [0.717, 1.165) is 17.9 Å². The maximum Gasteiger partial charge on any atom is 0.159 e. The van der Waals surface area contributed by atoms with E-state index < -0.39 is 0 Å². The molecule has 0 saturated carbocycles. The number of aromatic nitrogens is 2. The van der Waals surface area contributed by atoms with Gasteiger partial charge in [0, 0.05) is 24.5 Å². The summed E-state index contributed by atoms with van der Waals surface area (Å²) in [6.07, 6.45) is 3.52. The molecule has 0 aliphatic carbocycles. The highest BCUT2D eigenvalue weighted by molar-refractivity contribution is 5.70. The number of rotatable bonds is 4. The van der Waals surface area contributed by atoms with Crippen LogP contribution in [0.15, 0.2) is 67.0 Å². The van der Waals surface area contributed by atoms with Gasteiger partial charge >= 0.3 is 0 Å². The van der Waals surface area contributed by atoms with Crippen LogP contribution in [0.4, 0.5) is 0 Å². The predicted octanol–water partition coefficient (Wildman–Crippen LogP) is 3.53. The second-order valence-electron chi connectivity index (χ2n) is 4.84. The van der Waals surface area contributed by atoms with Gasteiger partial charge in [-0.15, -0.1) is 0 Å². The summed E-state index contributed by atoms with van der Waals surface area (Å²) in [5.41, 5.74) is 4.79. The average molecular weight is 275 g/mol. The highest BCUT2D eigenvalue weighted by atomic mass is 14.8. The highest BCUT2D eigenvalue weighted by Gasteiger charge is 2.05. The first kappa shape index (κ1) is 13.5. The number of nitrogens with one attached hydrogen (secondary N) is 1. The molecular formula is C18H17N3. The minimum Gasteiger partial charge on any atom is -0.316 e. The molecule has 0 aliphatic rings. The molecule has 0 atom stereocenters. The maximum absolute atomic E-state index is 4.28. The van der Waals surface area contributed by atoms with Gasteiger partial charge in [0.2, 0.25) is 0 Å². The summed E-state index contributed by atoms with van der Waals surface area (Å²) in [4.78, 5) is 8.55. The SMILES string of the molecule is CNCc1ccccc1-c1ccc(-c2ncccn2)cc1. The van der Waals surface area contributed by atoms with Crippen LogP contribution in [0.5, 0.6) is 0 Å². The normalized spacial score (nSPS) is 10.5. The summed E-state index contributed by atoms with van der Waals surface area (Å²) in [6, 6.07) is 18.7. The van der Waals surface area contributed by atoms with E-state index in [4.69, 9.17) is 0 Å². The monoisotopic (exact) mass is 275 g/mol. The van der Waals surface area contributed by atoms with Gasteiger partial charge in [-0.3, -0.25) is 0 Å². The van der Waals surface area contributed by atoms with Crippen LogP contribution >= 0.6 is 0 Å². The third kappa shape index (κ3) is 2.98. The lowest BCUT2D eigenvalue weighted by atomic mass is 9.98. The number of hydrogen-bond donors (Lipinski definition) is 1. The Morgan fingerprint density at radius 1 is 0.810 bits per heavy atom. The molecule has 3 heteroatoms. The molecule has 104 valence electrons. The molecule has 3 aromatic rings. The molecule has 1 heterocycles. The van der Waals surface area contributed by atoms with Gasteiger partial charge in [0.15, 0.2) is 5.82 Å². The fourth-order valence-corrected chi connectivity index (χ4v) is 2.39. The first-order chi connectivity index (χ1) is 10.4. The van der Waals surface area contributed by atoms with Crippen molar-refractivity contribution in [3.8, 4) is 22.5 Å². The quantitative estimate of drug-likeness (QED) is 0.791. The molecule has 0 amide bonds. The molecule has 0 spiro atoms. The van der Waals surface area contributed by atoms with Gasteiger partial charge in [-0.1, -0.05) is 48.5 Å². The van der Waals surface area contributed by atoms with E-state index in [-0.39, 0.29) is 0 Å². The summed E-state index contributed by atoms with van der Waals surface area (Å²) in [7, 11) is 1.96. The topological polar surface area (TPSA) is 37.8 Å². The zero-order chi connectivity index (χ0) is 14.5. The Kier molecular flexibility index (Phi) is 4.03. The summed E-state index contributed by atoms with van der Waals surface area (Å²) in [5.74, 6) is 0.757. The standard InChI is InChI=1S/C18H17N3/c1-19-13-16-5-2-3-6-17(16)14-7-9-15(10-8-14)18-20-11-4-12-21-18/h2-12,19H,13H2,1H3. The Labute approximate surface area is 124 Å². The van der Waals surface area contributed by atoms with Crippen LogP contribution in [0.2, 0.25) is 0 Å². The second kappa shape index (κ2) is 6.29. The molecule has 1 N–H and O–H groups in total. The number of nitrogens with zero attached hydrogens (tertiary/aromatic N) is 2. The molecule has 0 unspecified atom stereocenters. The van der Waals surface area contributed by atoms with Crippen LogP contribution in [0.25, 0.3) is 22.5 Å². The molecule has 2 aromatic carbocycles. The number of benzene rings is 2. The highest BCUT2D eigenvalue weighted by Crippen LogP contribution is 2.25. The van der Waals surface area contributed by atoms with Crippen LogP contribution in [0.3, 0.4) is 0 Å². The van der Waals surface area contributed by atoms with Gasteiger partial charge in [0.25, 0.3) is 0 Å². The van der Waals surface area contributed by atoms with Crippen molar-refractivity contribution in [2.45, 2.75) is 6.54 Å². The Balaban J connectivity index is 1.95. The van der Waals surface area contributed by atoms with Gasteiger partial charge in [0.1, 0.15) is 0 Å². The fraction of sp³-hybridized carbons (Fsp3) is 0.111. The van der Waals surface area contributed by atoms with Crippen LogP contribution < -0.4 is 5.32 Å². The molecule has 0 aliphatic heterocycles. The fourth-order valence-electron chi connectivity index (χ4n) is 2.39. The van der Waals surface area contributed by atoms with E-state index in [1.54, 1.807) is 12.4 Å². The zero-order valence-electron chi connectivity index (χ0n) is 12.0. The minimum atomic E-state index is 0.757. The van der Waals surface area contributed by atoms with Crippen molar-refractivity contribution in [3.63, 3.8) is 0 Å². The van der Waals surface area contributed by atoms with Crippen molar-refractivity contribution in [3.05, 3.63) is 72.6 Å². The van der Waals surface area contributed by atoms with Crippen LogP contribution in [-0.4, -0.2) is 17.0 Å². The van der Waals surface area contributed by atoms with Crippen molar-refractivity contribution < 1.29 is 0 Å². The zero-order valence-corrected chi connectivity index (χ0v) is 12.0. The lowest BCUT2D eigenvalue weighted by Gasteiger charge is -2.10. The molecule has 0 bridgehead atoms. The van der Waals surface area contributed by atoms with E-state index in [0.29, 0.717) is 0 Å². The van der Waals surface area contributed by atoms with Crippen molar-refractivity contribution >= 4 is 0 Å². The smallest absolute Gasteiger partial charge is 0.159 e. The molecular weight excluding hydrogens is 258 g/mol. The molecule has 3 nitrogen and oxygen atoms in total. The minimum absolute atomic E-state index is 0.757. The lowest BCUT2D eigenvalue weighted by Crippen LogP contribution is -2.06. The molecule has 21 heavy (non-hydrogen) atoms. The summed E-state index contributed by atoms with van der Waals surface area (Å²) < 4.78 is 0. The summed E-state index contributed by atoms with van der Waals surface area (Å²) in [6.45, 7) is 0.861. The Morgan fingerprint density at radius 3 is 2.19 bits per heavy atom. The van der Waals surface area contributed by atoms with Crippen LogP contribution in [0.1, 0.15) is 5.56 Å². The largest absolute Gasteiger partial charge is 0.316 e. The van der Waals surface area contributed by atoms with Crippen LogP contribution in [0, 0.1) is 0 Å². The maximum atomic E-state index is 4.28. The van der Waals surface area contributed by atoms with Gasteiger partial charge < -0.3 is 5.32 Å². The van der Waals surface area contributed by atoms with E-state index in [2.05, 4.69) is 63.8 Å². The van der Waals surface area contributed by atoms with Crippen molar-refractivity contribution in [2.75, 3.05) is 7.05 Å². The van der Waals surface area contributed by atoms with Gasteiger partial charge in [0.05, 0.1) is 0 Å². The Bertz CT molecular complexity index is 706. The van der Waals surface area contributed by atoms with Crippen molar-refractivity contribution in [1.29, 1.82) is 0 Å². The van der Waals surface area contributed by atoms with E-state index in [1.165, 1.54) is 16.7 Å². The van der Waals surface area contributed by atoms with E-state index >= 15 is 0 Å². The molecule has 0 saturated heterocycles. The van der Waals surface area contributed by atoms with E-state index in [1.807, 2.05) is 13.1 Å². The van der Waals surface area contributed by atoms with Crippen molar-refractivity contribution in [2.24, 2.45) is 0 Å². The lowest BCUT2D eigenvalue weighted by molar-refractivity contribution is 0.819. The van der Waals surface area contributed by atoms with Gasteiger partial charge in [-0.2, -0.15) is 0 Å². The van der Waals surface area contributed by atoms with Crippen LogP contribution in [-0.2, 0) is 6.54 Å². The third-order valence-electron chi connectivity index (χ3n) is 3.40. The molecule has 1 aromatic heterocycles. The first-order valence-electron chi connectivity index (χ1n) is 6.99. The molecule has 0 fully saturated rings. The predicted molar refractivity (Wildman–Crippen MR) is 85.7 cm³/mol. The summed E-state index contributed by atoms with van der Waals surface area (Å²) >= 11 is 0. The van der Waals surface area contributed by atoms with Crippen molar-refractivity contribution in [1.82, 2.24) is 15.3 Å². The third-order valence-corrected chi connectivity index (χ3v) is 3.40. The molecule has 3 rings (SSSR count). The average Bonchev–Trinajstić information content (AvgIpc) is 2.57. The Morgan fingerprint density at radius 2 is 1.48 bits per heavy atom. The second-order valence-corrected chi connectivity index (χ2v) is 4.84. The number of hydrogen-bond acceptors (Lipinski definition) is 3. The molecule has 0 radical (unpaired) electrons.